The third-order valence-electron chi connectivity index (χ3n) is 6.53. The number of hydrogen-bond acceptors (Lipinski definition) is 6. The van der Waals surface area contributed by atoms with Gasteiger partial charge in [-0.05, 0) is 60.4 Å². The number of nitrogens with one attached hydrogen (secondary N) is 2. The van der Waals surface area contributed by atoms with E-state index < -0.39 is 35.9 Å². The number of amides is 2. The molecule has 0 saturated heterocycles. The van der Waals surface area contributed by atoms with Gasteiger partial charge in [0.05, 0.1) is 0 Å². The van der Waals surface area contributed by atoms with Crippen molar-refractivity contribution in [2.75, 3.05) is 6.54 Å². The molecule has 1 unspecified atom stereocenters. The molecule has 0 aliphatic carbocycles. The fourth-order valence-corrected chi connectivity index (χ4v) is 4.42. The Kier molecular flexibility index (Phi) is 10.5. The summed E-state index contributed by atoms with van der Waals surface area (Å²) in [6, 6.07) is 16.1. The quantitative estimate of drug-likeness (QED) is 0.151. The smallest absolute Gasteiger partial charge is 0.283 e. The molecule has 4 rings (SSSR count). The molecule has 4 aromatic rings. The fourth-order valence-electron chi connectivity index (χ4n) is 4.23. The summed E-state index contributed by atoms with van der Waals surface area (Å²) in [5.41, 5.74) is 1.65. The summed E-state index contributed by atoms with van der Waals surface area (Å²) in [5, 5.41) is 13.4. The van der Waals surface area contributed by atoms with Crippen molar-refractivity contribution >= 4 is 29.2 Å². The first kappa shape index (κ1) is 30.5. The van der Waals surface area contributed by atoms with E-state index in [1.807, 2.05) is 19.1 Å². The van der Waals surface area contributed by atoms with Crippen LogP contribution in [0.3, 0.4) is 0 Å². The Labute approximate surface area is 246 Å². The Morgan fingerprint density at radius 2 is 1.64 bits per heavy atom. The van der Waals surface area contributed by atoms with Gasteiger partial charge < -0.3 is 15.1 Å². The van der Waals surface area contributed by atoms with Crippen LogP contribution in [0.5, 0.6) is 0 Å². The van der Waals surface area contributed by atoms with Crippen LogP contribution >= 0.6 is 11.6 Å². The highest BCUT2D eigenvalue weighted by molar-refractivity contribution is 6.30. The number of ketones is 1. The lowest BCUT2D eigenvalue weighted by molar-refractivity contribution is -0.122. The Balaban J connectivity index is 1.38. The van der Waals surface area contributed by atoms with Gasteiger partial charge in [-0.15, -0.1) is 10.2 Å². The standard InChI is InChI=1S/C31H29ClF2N4O4/c1-2-28-37-38-31(42-28)27(39)11-3-4-16-35-30(41)26(18-23-24(33)9-6-10-25(23)34)36-29(40)20-14-12-19(13-15-20)21-7-5-8-22(32)17-21/h5-10,12-15,17,26H,2-4,11,16,18H2,1H3,(H,35,41)(H,36,40). The van der Waals surface area contributed by atoms with E-state index in [-0.39, 0.29) is 35.8 Å². The van der Waals surface area contributed by atoms with Crippen LogP contribution in [0, 0.1) is 11.6 Å². The van der Waals surface area contributed by atoms with Crippen LogP contribution in [0.15, 0.2) is 71.1 Å². The van der Waals surface area contributed by atoms with Crippen LogP contribution in [-0.2, 0) is 17.6 Å². The molecular formula is C31H29ClF2N4O4. The van der Waals surface area contributed by atoms with Crippen molar-refractivity contribution < 1.29 is 27.6 Å². The summed E-state index contributed by atoms with van der Waals surface area (Å²) in [5.74, 6) is -2.81. The Hall–Kier alpha value is -4.44. The van der Waals surface area contributed by atoms with Gasteiger partial charge in [-0.3, -0.25) is 14.4 Å². The minimum Gasteiger partial charge on any atom is -0.418 e. The molecule has 0 aliphatic heterocycles. The van der Waals surface area contributed by atoms with Crippen LogP contribution in [-0.4, -0.2) is 40.4 Å². The van der Waals surface area contributed by atoms with E-state index in [0.717, 1.165) is 23.3 Å². The van der Waals surface area contributed by atoms with E-state index in [2.05, 4.69) is 20.8 Å². The number of aromatic nitrogens is 2. The van der Waals surface area contributed by atoms with Gasteiger partial charge in [-0.2, -0.15) is 0 Å². The van der Waals surface area contributed by atoms with Crippen molar-refractivity contribution in [3.05, 3.63) is 106 Å². The molecule has 218 valence electrons. The predicted octanol–water partition coefficient (Wildman–Crippen LogP) is 5.74. The lowest BCUT2D eigenvalue weighted by Crippen LogP contribution is -2.48. The number of rotatable bonds is 13. The van der Waals surface area contributed by atoms with Gasteiger partial charge in [0.25, 0.3) is 11.8 Å². The van der Waals surface area contributed by atoms with E-state index in [1.165, 1.54) is 6.07 Å². The van der Waals surface area contributed by atoms with Crippen LogP contribution in [0.4, 0.5) is 8.78 Å². The molecule has 0 saturated carbocycles. The number of hydrogen-bond donors (Lipinski definition) is 2. The predicted molar refractivity (Wildman–Crippen MR) is 153 cm³/mol. The molecule has 0 spiro atoms. The molecule has 0 aliphatic rings. The second-order valence-electron chi connectivity index (χ2n) is 9.54. The molecule has 11 heteroatoms. The van der Waals surface area contributed by atoms with Crippen LogP contribution < -0.4 is 10.6 Å². The van der Waals surface area contributed by atoms with E-state index >= 15 is 0 Å². The highest BCUT2D eigenvalue weighted by atomic mass is 35.5. The number of carbonyl (C=O) groups is 3. The number of Topliss-reactive ketones (excluding diaryl/α,β-unsaturated/α-hetero) is 1. The Morgan fingerprint density at radius 1 is 0.929 bits per heavy atom. The number of benzene rings is 3. The van der Waals surface area contributed by atoms with Crippen molar-refractivity contribution in [2.45, 2.75) is 45.1 Å². The first-order chi connectivity index (χ1) is 20.2. The summed E-state index contributed by atoms with van der Waals surface area (Å²) in [4.78, 5) is 38.4. The molecule has 3 aromatic carbocycles. The zero-order valence-electron chi connectivity index (χ0n) is 22.8. The molecule has 0 radical (unpaired) electrons. The zero-order chi connectivity index (χ0) is 30.1. The van der Waals surface area contributed by atoms with Gasteiger partial charge in [-0.1, -0.05) is 48.9 Å². The molecule has 0 bridgehead atoms. The molecule has 2 amide bonds. The molecule has 1 atom stereocenters. The summed E-state index contributed by atoms with van der Waals surface area (Å²) < 4.78 is 34.1. The van der Waals surface area contributed by atoms with Crippen LogP contribution in [0.1, 0.15) is 58.7 Å². The number of carbonyl (C=O) groups excluding carboxylic acids is 3. The first-order valence-corrected chi connectivity index (χ1v) is 13.9. The monoisotopic (exact) mass is 594 g/mol. The number of halogens is 3. The third kappa shape index (κ3) is 8.07. The number of nitrogens with zero attached hydrogens (tertiary/aromatic N) is 2. The lowest BCUT2D eigenvalue weighted by atomic mass is 10.0. The maximum Gasteiger partial charge on any atom is 0.283 e. The first-order valence-electron chi connectivity index (χ1n) is 13.5. The van der Waals surface area contributed by atoms with Crippen molar-refractivity contribution in [3.63, 3.8) is 0 Å². The molecule has 42 heavy (non-hydrogen) atoms. The average Bonchev–Trinajstić information content (AvgIpc) is 3.48. The lowest BCUT2D eigenvalue weighted by Gasteiger charge is -2.19. The second kappa shape index (κ2) is 14.5. The molecule has 2 N–H and O–H groups in total. The summed E-state index contributed by atoms with van der Waals surface area (Å²) in [6.07, 6.45) is 1.14. The van der Waals surface area contributed by atoms with Gasteiger partial charge in [0, 0.05) is 42.0 Å². The van der Waals surface area contributed by atoms with Crippen molar-refractivity contribution in [1.82, 2.24) is 20.8 Å². The largest absolute Gasteiger partial charge is 0.418 e. The molecule has 1 aromatic heterocycles. The SMILES string of the molecule is CCc1nnc(C(=O)CCCCNC(=O)C(Cc2c(F)cccc2F)NC(=O)c2ccc(-c3cccc(Cl)c3)cc2)o1. The Morgan fingerprint density at radius 3 is 2.31 bits per heavy atom. The van der Waals surface area contributed by atoms with Crippen LogP contribution in [0.25, 0.3) is 11.1 Å². The molecule has 8 nitrogen and oxygen atoms in total. The van der Waals surface area contributed by atoms with E-state index in [4.69, 9.17) is 16.0 Å². The van der Waals surface area contributed by atoms with E-state index in [9.17, 15) is 23.2 Å². The number of aryl methyl sites for hydroxylation is 1. The maximum absolute atomic E-state index is 14.4. The second-order valence-corrected chi connectivity index (χ2v) is 9.98. The van der Waals surface area contributed by atoms with Gasteiger partial charge in [0.2, 0.25) is 17.6 Å². The van der Waals surface area contributed by atoms with Gasteiger partial charge in [0.1, 0.15) is 17.7 Å². The maximum atomic E-state index is 14.4. The van der Waals surface area contributed by atoms with Gasteiger partial charge in [-0.25, -0.2) is 8.78 Å². The van der Waals surface area contributed by atoms with E-state index in [1.54, 1.807) is 36.4 Å². The molecule has 0 fully saturated rings. The summed E-state index contributed by atoms with van der Waals surface area (Å²) in [6.45, 7) is 2.01. The number of unbranched alkanes of at least 4 members (excludes halogenated alkanes) is 1. The highest BCUT2D eigenvalue weighted by Crippen LogP contribution is 2.23. The normalized spacial score (nSPS) is 11.6. The fraction of sp³-hybridized carbons (Fsp3) is 0.258. The highest BCUT2D eigenvalue weighted by Gasteiger charge is 2.25. The molecule has 1 heterocycles. The molecular weight excluding hydrogens is 566 g/mol. The third-order valence-corrected chi connectivity index (χ3v) is 6.77. The van der Waals surface area contributed by atoms with Crippen molar-refractivity contribution in [2.24, 2.45) is 0 Å². The Bertz CT molecular complexity index is 1540. The van der Waals surface area contributed by atoms with E-state index in [0.29, 0.717) is 30.2 Å². The topological polar surface area (TPSA) is 114 Å². The van der Waals surface area contributed by atoms with Crippen LogP contribution in [0.2, 0.25) is 5.02 Å². The van der Waals surface area contributed by atoms with Crippen molar-refractivity contribution in [3.8, 4) is 11.1 Å². The minimum absolute atomic E-state index is 0.0498. The van der Waals surface area contributed by atoms with Gasteiger partial charge >= 0.3 is 0 Å². The average molecular weight is 595 g/mol. The zero-order valence-corrected chi connectivity index (χ0v) is 23.6. The minimum atomic E-state index is -1.26. The summed E-state index contributed by atoms with van der Waals surface area (Å²) in [7, 11) is 0. The summed E-state index contributed by atoms with van der Waals surface area (Å²) >= 11 is 6.07. The van der Waals surface area contributed by atoms with Crippen molar-refractivity contribution in [1.29, 1.82) is 0 Å². The van der Waals surface area contributed by atoms with Gasteiger partial charge in [0.15, 0.2) is 0 Å².